The smallest absolute Gasteiger partial charge is 0.227 e. The summed E-state index contributed by atoms with van der Waals surface area (Å²) in [6, 6.07) is 0. The first kappa shape index (κ1) is 20.9. The molecule has 0 saturated heterocycles. The maximum absolute atomic E-state index is 5.93. The van der Waals surface area contributed by atoms with Gasteiger partial charge in [-0.3, -0.25) is 0 Å². The second-order valence-electron chi connectivity index (χ2n) is 7.76. The van der Waals surface area contributed by atoms with Gasteiger partial charge in [0.2, 0.25) is 5.79 Å². The highest BCUT2D eigenvalue weighted by Gasteiger charge is 2.43. The third-order valence-corrected chi connectivity index (χ3v) is 5.70. The molecule has 4 heteroatoms. The molecule has 0 N–H and O–H groups in total. The molecule has 0 spiro atoms. The number of rotatable bonds is 10. The van der Waals surface area contributed by atoms with Crippen molar-refractivity contribution >= 4 is 0 Å². The molecule has 0 amide bonds. The van der Waals surface area contributed by atoms with Crippen molar-refractivity contribution in [2.45, 2.75) is 117 Å². The van der Waals surface area contributed by atoms with E-state index in [9.17, 15) is 0 Å². The minimum atomic E-state index is -0.783. The van der Waals surface area contributed by atoms with E-state index in [2.05, 4.69) is 48.5 Å². The Kier molecular flexibility index (Phi) is 7.99. The Morgan fingerprint density at radius 1 is 0.870 bits per heavy atom. The lowest BCUT2D eigenvalue weighted by Crippen LogP contribution is -2.45. The standard InChI is InChI=1S/C19H38O4/c1-8-17(6,9-2)20-22-19(14-12-13-16(5)15-19)23-21-18(7,10-3)11-4/h16H,8-15H2,1-7H3. The summed E-state index contributed by atoms with van der Waals surface area (Å²) in [4.78, 5) is 23.5. The maximum atomic E-state index is 5.93. The van der Waals surface area contributed by atoms with E-state index in [-0.39, 0.29) is 11.2 Å². The minimum Gasteiger partial charge on any atom is -0.227 e. The average molecular weight is 331 g/mol. The van der Waals surface area contributed by atoms with Crippen LogP contribution in [0.4, 0.5) is 0 Å². The van der Waals surface area contributed by atoms with Crippen molar-refractivity contribution in [3.8, 4) is 0 Å². The molecule has 0 aromatic rings. The van der Waals surface area contributed by atoms with E-state index in [1.165, 1.54) is 6.42 Å². The van der Waals surface area contributed by atoms with Gasteiger partial charge < -0.3 is 0 Å². The molecule has 0 heterocycles. The van der Waals surface area contributed by atoms with E-state index < -0.39 is 5.79 Å². The lowest BCUT2D eigenvalue weighted by atomic mass is 9.86. The van der Waals surface area contributed by atoms with Crippen molar-refractivity contribution in [1.82, 2.24) is 0 Å². The fraction of sp³-hybridized carbons (Fsp3) is 1.00. The van der Waals surface area contributed by atoms with Crippen LogP contribution in [-0.2, 0) is 19.6 Å². The molecule has 4 nitrogen and oxygen atoms in total. The summed E-state index contributed by atoms with van der Waals surface area (Å²) in [5.41, 5.74) is -0.564. The van der Waals surface area contributed by atoms with Gasteiger partial charge >= 0.3 is 0 Å². The van der Waals surface area contributed by atoms with Crippen LogP contribution < -0.4 is 0 Å². The normalized spacial score (nSPS) is 22.3. The van der Waals surface area contributed by atoms with Crippen molar-refractivity contribution in [2.75, 3.05) is 0 Å². The summed E-state index contributed by atoms with van der Waals surface area (Å²) in [7, 11) is 0. The van der Waals surface area contributed by atoms with Gasteiger partial charge in [-0.25, -0.2) is 9.78 Å². The van der Waals surface area contributed by atoms with Crippen molar-refractivity contribution in [1.29, 1.82) is 0 Å². The van der Waals surface area contributed by atoms with Gasteiger partial charge in [0.25, 0.3) is 0 Å². The molecule has 1 fully saturated rings. The molecule has 1 atom stereocenters. The second-order valence-corrected chi connectivity index (χ2v) is 7.76. The van der Waals surface area contributed by atoms with Crippen molar-refractivity contribution < 1.29 is 19.6 Å². The van der Waals surface area contributed by atoms with Gasteiger partial charge in [-0.1, -0.05) is 41.0 Å². The Bertz CT molecular complexity index is 312. The summed E-state index contributed by atoms with van der Waals surface area (Å²) >= 11 is 0. The summed E-state index contributed by atoms with van der Waals surface area (Å²) in [5.74, 6) is -0.241. The molecular formula is C19H38O4. The summed E-state index contributed by atoms with van der Waals surface area (Å²) in [6.07, 6.45) is 7.48. The first-order valence-electron chi connectivity index (χ1n) is 9.49. The molecule has 1 rings (SSSR count). The zero-order valence-corrected chi connectivity index (χ0v) is 16.4. The molecule has 1 aliphatic carbocycles. The van der Waals surface area contributed by atoms with Gasteiger partial charge in [0.05, 0.1) is 0 Å². The summed E-state index contributed by atoms with van der Waals surface area (Å²) in [5, 5.41) is 0. The molecule has 0 aromatic heterocycles. The van der Waals surface area contributed by atoms with E-state index in [1.807, 2.05) is 0 Å². The summed E-state index contributed by atoms with van der Waals surface area (Å²) in [6.45, 7) is 14.9. The molecule has 0 radical (unpaired) electrons. The van der Waals surface area contributed by atoms with E-state index in [1.54, 1.807) is 0 Å². The predicted molar refractivity (Wildman–Crippen MR) is 92.7 cm³/mol. The fourth-order valence-corrected chi connectivity index (χ4v) is 2.71. The average Bonchev–Trinajstić information content (AvgIpc) is 2.58. The van der Waals surface area contributed by atoms with Crippen LogP contribution in [0.3, 0.4) is 0 Å². The van der Waals surface area contributed by atoms with E-state index in [0.717, 1.165) is 44.9 Å². The Hall–Kier alpha value is -0.160. The molecule has 1 aliphatic rings. The number of hydrogen-bond donors (Lipinski definition) is 0. The molecule has 0 aromatic carbocycles. The number of hydrogen-bond acceptors (Lipinski definition) is 4. The Morgan fingerprint density at radius 2 is 1.30 bits per heavy atom. The molecule has 0 bridgehead atoms. The van der Waals surface area contributed by atoms with Crippen LogP contribution in [0.5, 0.6) is 0 Å². The van der Waals surface area contributed by atoms with Crippen LogP contribution in [-0.4, -0.2) is 17.0 Å². The van der Waals surface area contributed by atoms with Crippen LogP contribution in [0, 0.1) is 5.92 Å². The second kappa shape index (κ2) is 8.80. The largest absolute Gasteiger partial charge is 0.234 e. The topological polar surface area (TPSA) is 36.9 Å². The third kappa shape index (κ3) is 6.00. The highest BCUT2D eigenvalue weighted by atomic mass is 17.3. The van der Waals surface area contributed by atoms with Crippen LogP contribution in [0.2, 0.25) is 0 Å². The third-order valence-electron chi connectivity index (χ3n) is 5.70. The molecular weight excluding hydrogens is 292 g/mol. The SMILES string of the molecule is CCC(C)(CC)OOC1(OOC(C)(CC)CC)CCCC(C)C1. The van der Waals surface area contributed by atoms with Crippen molar-refractivity contribution in [2.24, 2.45) is 5.92 Å². The molecule has 0 aliphatic heterocycles. The van der Waals surface area contributed by atoms with Gasteiger partial charge in [0, 0.05) is 12.8 Å². The zero-order chi connectivity index (χ0) is 17.6. The van der Waals surface area contributed by atoms with Gasteiger partial charge in [0.15, 0.2) is 0 Å². The minimum absolute atomic E-state index is 0.282. The lowest BCUT2D eigenvalue weighted by Gasteiger charge is -2.41. The molecule has 23 heavy (non-hydrogen) atoms. The first-order valence-corrected chi connectivity index (χ1v) is 9.49. The van der Waals surface area contributed by atoms with Gasteiger partial charge in [-0.05, 0) is 51.9 Å². The Balaban J connectivity index is 2.78. The molecule has 1 saturated carbocycles. The van der Waals surface area contributed by atoms with Gasteiger partial charge in [-0.15, -0.1) is 0 Å². The van der Waals surface area contributed by atoms with E-state index >= 15 is 0 Å². The predicted octanol–water partition coefficient (Wildman–Crippen LogP) is 5.95. The monoisotopic (exact) mass is 330 g/mol. The quantitative estimate of drug-likeness (QED) is 0.282. The van der Waals surface area contributed by atoms with E-state index in [4.69, 9.17) is 19.6 Å². The van der Waals surface area contributed by atoms with Crippen LogP contribution in [0.1, 0.15) is 99.8 Å². The van der Waals surface area contributed by atoms with Gasteiger partial charge in [0.1, 0.15) is 11.2 Å². The van der Waals surface area contributed by atoms with Crippen LogP contribution in [0.15, 0.2) is 0 Å². The Morgan fingerprint density at radius 3 is 1.65 bits per heavy atom. The molecule has 1 unspecified atom stereocenters. The zero-order valence-electron chi connectivity index (χ0n) is 16.4. The van der Waals surface area contributed by atoms with Crippen LogP contribution >= 0.6 is 0 Å². The van der Waals surface area contributed by atoms with Crippen LogP contribution in [0.25, 0.3) is 0 Å². The maximum Gasteiger partial charge on any atom is 0.234 e. The highest BCUT2D eigenvalue weighted by molar-refractivity contribution is 4.79. The lowest BCUT2D eigenvalue weighted by molar-refractivity contribution is -0.551. The Labute approximate surface area is 143 Å². The van der Waals surface area contributed by atoms with Gasteiger partial charge in [-0.2, -0.15) is 9.78 Å². The fourth-order valence-electron chi connectivity index (χ4n) is 2.71. The van der Waals surface area contributed by atoms with Crippen molar-refractivity contribution in [3.63, 3.8) is 0 Å². The first-order chi connectivity index (χ1) is 10.8. The van der Waals surface area contributed by atoms with E-state index in [0.29, 0.717) is 5.92 Å². The summed E-state index contributed by atoms with van der Waals surface area (Å²) < 4.78 is 0. The molecule has 138 valence electrons. The van der Waals surface area contributed by atoms with Crippen molar-refractivity contribution in [3.05, 3.63) is 0 Å². The highest BCUT2D eigenvalue weighted by Crippen LogP contribution is 2.39.